The Hall–Kier alpha value is -4.28. The number of nitrogens with zero attached hydrogens (tertiary/aromatic N) is 4. The molecule has 0 aliphatic heterocycles. The van der Waals surface area contributed by atoms with Crippen LogP contribution < -0.4 is 15.2 Å². The van der Waals surface area contributed by atoms with Gasteiger partial charge < -0.3 is 15.2 Å². The van der Waals surface area contributed by atoms with E-state index in [1.54, 1.807) is 25.3 Å². The standard InChI is InChI=1S/C27H20IN5O2/c1-34-25-14-18(10-11-24(25)35-17-19-6-5-7-21(28)13-19)12-20(15-29)26-23(16-30)27(31)33(32-26)22-8-3-2-4-9-22/h2-14H,17,31H2,1H3/b20-12+. The highest BCUT2D eigenvalue weighted by Crippen LogP contribution is 2.32. The van der Waals surface area contributed by atoms with Gasteiger partial charge in [-0.25, -0.2) is 4.68 Å². The van der Waals surface area contributed by atoms with Gasteiger partial charge in [0.1, 0.15) is 35.8 Å². The summed E-state index contributed by atoms with van der Waals surface area (Å²) in [5.74, 6) is 1.28. The van der Waals surface area contributed by atoms with Crippen molar-refractivity contribution in [2.45, 2.75) is 6.61 Å². The number of hydrogen-bond acceptors (Lipinski definition) is 6. The van der Waals surface area contributed by atoms with Crippen LogP contribution in [0.15, 0.2) is 72.8 Å². The quantitative estimate of drug-likeness (QED) is 0.228. The largest absolute Gasteiger partial charge is 0.493 e. The van der Waals surface area contributed by atoms with Crippen LogP contribution in [-0.4, -0.2) is 16.9 Å². The fraction of sp³-hybridized carbons (Fsp3) is 0.0741. The number of ether oxygens (including phenoxy) is 2. The molecule has 0 saturated carbocycles. The van der Waals surface area contributed by atoms with E-state index in [0.717, 1.165) is 9.13 Å². The molecule has 0 spiro atoms. The van der Waals surface area contributed by atoms with E-state index in [4.69, 9.17) is 15.2 Å². The van der Waals surface area contributed by atoms with Crippen molar-refractivity contribution in [1.29, 1.82) is 10.5 Å². The number of anilines is 1. The van der Waals surface area contributed by atoms with E-state index in [-0.39, 0.29) is 22.6 Å². The zero-order chi connectivity index (χ0) is 24.8. The summed E-state index contributed by atoms with van der Waals surface area (Å²) in [6, 6.07) is 26.9. The molecule has 0 amide bonds. The molecule has 0 aliphatic rings. The molecular formula is C27H20IN5O2. The van der Waals surface area contributed by atoms with Gasteiger partial charge in [-0.15, -0.1) is 0 Å². The Morgan fingerprint density at radius 3 is 2.54 bits per heavy atom. The summed E-state index contributed by atoms with van der Waals surface area (Å²) in [7, 11) is 1.56. The highest BCUT2D eigenvalue weighted by molar-refractivity contribution is 14.1. The zero-order valence-electron chi connectivity index (χ0n) is 18.8. The number of allylic oxidation sites excluding steroid dienone is 1. The van der Waals surface area contributed by atoms with Crippen LogP contribution in [0.5, 0.6) is 11.5 Å². The second-order valence-corrected chi connectivity index (χ2v) is 8.71. The van der Waals surface area contributed by atoms with Crippen molar-refractivity contribution in [2.75, 3.05) is 12.8 Å². The highest BCUT2D eigenvalue weighted by atomic mass is 127. The van der Waals surface area contributed by atoms with Crippen LogP contribution in [0.4, 0.5) is 5.82 Å². The molecule has 0 unspecified atom stereocenters. The van der Waals surface area contributed by atoms with Gasteiger partial charge in [-0.05, 0) is 76.2 Å². The van der Waals surface area contributed by atoms with Gasteiger partial charge in [0.05, 0.1) is 18.4 Å². The van der Waals surface area contributed by atoms with Gasteiger partial charge in [0.2, 0.25) is 0 Å². The normalized spacial score (nSPS) is 10.9. The van der Waals surface area contributed by atoms with Crippen LogP contribution in [0.3, 0.4) is 0 Å². The minimum atomic E-state index is 0.145. The van der Waals surface area contributed by atoms with Crippen molar-refractivity contribution < 1.29 is 9.47 Å². The molecule has 1 heterocycles. The highest BCUT2D eigenvalue weighted by Gasteiger charge is 2.20. The van der Waals surface area contributed by atoms with Crippen LogP contribution in [0, 0.1) is 26.2 Å². The van der Waals surface area contributed by atoms with E-state index in [9.17, 15) is 10.5 Å². The Bertz CT molecular complexity index is 1480. The summed E-state index contributed by atoms with van der Waals surface area (Å²) >= 11 is 2.26. The molecule has 35 heavy (non-hydrogen) atoms. The summed E-state index contributed by atoms with van der Waals surface area (Å²) in [6.45, 7) is 0.396. The molecule has 0 radical (unpaired) electrons. The van der Waals surface area contributed by atoms with Gasteiger partial charge in [-0.1, -0.05) is 36.4 Å². The van der Waals surface area contributed by atoms with Crippen molar-refractivity contribution >= 4 is 40.1 Å². The van der Waals surface area contributed by atoms with Crippen molar-refractivity contribution in [2.24, 2.45) is 0 Å². The van der Waals surface area contributed by atoms with Crippen molar-refractivity contribution in [3.05, 3.63) is 98.8 Å². The Kier molecular flexibility index (Phi) is 7.34. The number of hydrogen-bond donors (Lipinski definition) is 1. The third-order valence-corrected chi connectivity index (χ3v) is 5.86. The number of methoxy groups -OCH3 is 1. The van der Waals surface area contributed by atoms with Gasteiger partial charge >= 0.3 is 0 Å². The molecule has 7 nitrogen and oxygen atoms in total. The second-order valence-electron chi connectivity index (χ2n) is 7.47. The molecule has 4 aromatic rings. The first kappa shape index (κ1) is 23.9. The van der Waals surface area contributed by atoms with Crippen LogP contribution in [0.25, 0.3) is 17.3 Å². The number of nitriles is 2. The smallest absolute Gasteiger partial charge is 0.161 e. The van der Waals surface area contributed by atoms with E-state index >= 15 is 0 Å². The lowest BCUT2D eigenvalue weighted by Gasteiger charge is -2.12. The number of rotatable bonds is 7. The lowest BCUT2D eigenvalue weighted by Crippen LogP contribution is -2.02. The molecule has 8 heteroatoms. The summed E-state index contributed by atoms with van der Waals surface area (Å²) in [5.41, 5.74) is 9.19. The Labute approximate surface area is 216 Å². The Morgan fingerprint density at radius 2 is 1.86 bits per heavy atom. The maximum Gasteiger partial charge on any atom is 0.161 e. The average Bonchev–Trinajstić information content (AvgIpc) is 3.22. The van der Waals surface area contributed by atoms with E-state index in [1.807, 2.05) is 54.6 Å². The van der Waals surface area contributed by atoms with Gasteiger partial charge in [0.25, 0.3) is 0 Å². The van der Waals surface area contributed by atoms with Crippen LogP contribution >= 0.6 is 22.6 Å². The van der Waals surface area contributed by atoms with Crippen molar-refractivity contribution in [3.63, 3.8) is 0 Å². The molecule has 0 bridgehead atoms. The van der Waals surface area contributed by atoms with Gasteiger partial charge in [0, 0.05) is 3.57 Å². The topological polar surface area (TPSA) is 110 Å². The summed E-state index contributed by atoms with van der Waals surface area (Å²) in [6.07, 6.45) is 1.64. The zero-order valence-corrected chi connectivity index (χ0v) is 20.9. The van der Waals surface area contributed by atoms with E-state index < -0.39 is 0 Å². The Morgan fingerprint density at radius 1 is 1.06 bits per heavy atom. The molecule has 172 valence electrons. The third kappa shape index (κ3) is 5.29. The minimum Gasteiger partial charge on any atom is -0.493 e. The molecule has 3 aromatic carbocycles. The molecule has 4 rings (SSSR count). The number of para-hydroxylation sites is 1. The van der Waals surface area contributed by atoms with E-state index in [1.165, 1.54) is 4.68 Å². The minimum absolute atomic E-state index is 0.145. The summed E-state index contributed by atoms with van der Waals surface area (Å²) in [4.78, 5) is 0. The second kappa shape index (κ2) is 10.8. The van der Waals surface area contributed by atoms with E-state index in [2.05, 4.69) is 45.9 Å². The number of halogens is 1. The predicted octanol–water partition coefficient (Wildman–Crippen LogP) is 5.58. The number of nitrogens with two attached hydrogens (primary N) is 1. The fourth-order valence-electron chi connectivity index (χ4n) is 3.50. The van der Waals surface area contributed by atoms with Crippen LogP contribution in [-0.2, 0) is 6.61 Å². The molecule has 2 N–H and O–H groups in total. The first-order chi connectivity index (χ1) is 17.0. The first-order valence-corrected chi connectivity index (χ1v) is 11.6. The molecule has 1 aromatic heterocycles. The maximum absolute atomic E-state index is 9.87. The lowest BCUT2D eigenvalue weighted by molar-refractivity contribution is 0.284. The summed E-state index contributed by atoms with van der Waals surface area (Å²) < 4.78 is 14.1. The van der Waals surface area contributed by atoms with E-state index in [0.29, 0.717) is 29.4 Å². The molecule has 0 fully saturated rings. The molecule has 0 saturated heterocycles. The molecule has 0 aliphatic carbocycles. The monoisotopic (exact) mass is 573 g/mol. The number of aromatic nitrogens is 2. The number of benzene rings is 3. The first-order valence-electron chi connectivity index (χ1n) is 10.6. The molecule has 0 atom stereocenters. The molecular weight excluding hydrogens is 553 g/mol. The third-order valence-electron chi connectivity index (χ3n) is 5.19. The van der Waals surface area contributed by atoms with Gasteiger partial charge in [-0.3, -0.25) is 0 Å². The lowest BCUT2D eigenvalue weighted by atomic mass is 10.1. The predicted molar refractivity (Wildman–Crippen MR) is 143 cm³/mol. The SMILES string of the molecule is COc1cc(/C=C(\C#N)c2nn(-c3ccccc3)c(N)c2C#N)ccc1OCc1cccc(I)c1. The average molecular weight is 573 g/mol. The Balaban J connectivity index is 1.65. The fourth-order valence-corrected chi connectivity index (χ4v) is 4.10. The van der Waals surface area contributed by atoms with Gasteiger partial charge in [0.15, 0.2) is 11.5 Å². The van der Waals surface area contributed by atoms with Crippen molar-refractivity contribution in [3.8, 4) is 29.3 Å². The number of nitrogen functional groups attached to an aromatic ring is 1. The maximum atomic E-state index is 9.87. The van der Waals surface area contributed by atoms with Crippen LogP contribution in [0.2, 0.25) is 0 Å². The van der Waals surface area contributed by atoms with Gasteiger partial charge in [-0.2, -0.15) is 15.6 Å². The summed E-state index contributed by atoms with van der Waals surface area (Å²) in [5, 5.41) is 24.0. The van der Waals surface area contributed by atoms with Crippen LogP contribution in [0.1, 0.15) is 22.4 Å². The van der Waals surface area contributed by atoms with Crippen molar-refractivity contribution in [1.82, 2.24) is 9.78 Å².